The van der Waals surface area contributed by atoms with E-state index in [4.69, 9.17) is 10.5 Å². The number of aryl methyl sites for hydroxylation is 1. The zero-order valence-corrected chi connectivity index (χ0v) is 11.8. The molecule has 1 aromatic carbocycles. The number of ether oxygens (including phenoxy) is 1. The molecule has 5 heteroatoms. The minimum atomic E-state index is -0.429. The van der Waals surface area contributed by atoms with Gasteiger partial charge in [-0.25, -0.2) is 0 Å². The monoisotopic (exact) mass is 302 g/mol. The van der Waals surface area contributed by atoms with Crippen LogP contribution in [0.3, 0.4) is 0 Å². The first-order valence-corrected chi connectivity index (χ1v) is 6.30. The maximum Gasteiger partial charge on any atom is 0.0790 e. The van der Waals surface area contributed by atoms with Crippen molar-refractivity contribution in [1.82, 2.24) is 0 Å². The van der Waals surface area contributed by atoms with Crippen molar-refractivity contribution in [2.24, 2.45) is 0 Å². The van der Waals surface area contributed by atoms with Crippen LogP contribution in [0.25, 0.3) is 0 Å². The topological polar surface area (TPSA) is 67.5 Å². The normalized spacial score (nSPS) is 12.5. The average molecular weight is 303 g/mol. The molecule has 0 aliphatic heterocycles. The molecule has 0 radical (unpaired) electrons. The van der Waals surface area contributed by atoms with Gasteiger partial charge >= 0.3 is 0 Å². The quantitative estimate of drug-likeness (QED) is 0.704. The van der Waals surface area contributed by atoms with Gasteiger partial charge in [-0.2, -0.15) is 0 Å². The number of nitrogens with two attached hydrogens (primary N) is 1. The number of rotatable bonds is 6. The minimum Gasteiger partial charge on any atom is -0.398 e. The van der Waals surface area contributed by atoms with E-state index in [0.29, 0.717) is 19.6 Å². The second-order valence-electron chi connectivity index (χ2n) is 4.01. The number of aliphatic hydroxyl groups is 1. The molecule has 0 bridgehead atoms. The van der Waals surface area contributed by atoms with Gasteiger partial charge in [-0.15, -0.1) is 0 Å². The molecule has 1 aromatic rings. The van der Waals surface area contributed by atoms with E-state index in [1.165, 1.54) is 0 Å². The average Bonchev–Trinajstić information content (AvgIpc) is 2.26. The zero-order chi connectivity index (χ0) is 12.8. The molecule has 96 valence electrons. The number of halogens is 1. The van der Waals surface area contributed by atoms with Crippen molar-refractivity contribution < 1.29 is 9.84 Å². The van der Waals surface area contributed by atoms with E-state index >= 15 is 0 Å². The fourth-order valence-corrected chi connectivity index (χ4v) is 1.98. The van der Waals surface area contributed by atoms with Gasteiger partial charge < -0.3 is 20.9 Å². The largest absolute Gasteiger partial charge is 0.398 e. The Labute approximate surface area is 110 Å². The van der Waals surface area contributed by atoms with Gasteiger partial charge in [-0.05, 0) is 47.0 Å². The maximum atomic E-state index is 9.50. The number of nitrogen functional groups attached to an aromatic ring is 1. The van der Waals surface area contributed by atoms with Crippen molar-refractivity contribution in [3.8, 4) is 0 Å². The van der Waals surface area contributed by atoms with Gasteiger partial charge in [0.05, 0.1) is 12.7 Å². The van der Waals surface area contributed by atoms with Crippen LogP contribution in [0.4, 0.5) is 11.4 Å². The summed E-state index contributed by atoms with van der Waals surface area (Å²) >= 11 is 3.45. The molecule has 0 saturated heterocycles. The van der Waals surface area contributed by atoms with Crippen LogP contribution in [-0.2, 0) is 4.74 Å². The molecule has 0 aliphatic rings. The summed E-state index contributed by atoms with van der Waals surface area (Å²) in [4.78, 5) is 0. The van der Waals surface area contributed by atoms with Crippen molar-refractivity contribution in [2.75, 3.05) is 31.3 Å². The molecule has 1 atom stereocenters. The Bertz CT molecular complexity index is 372. The van der Waals surface area contributed by atoms with Gasteiger partial charge in [0.2, 0.25) is 0 Å². The molecule has 4 nitrogen and oxygen atoms in total. The van der Waals surface area contributed by atoms with Crippen LogP contribution in [0.5, 0.6) is 0 Å². The third-order valence-electron chi connectivity index (χ3n) is 2.51. The number of methoxy groups -OCH3 is 1. The van der Waals surface area contributed by atoms with Gasteiger partial charge in [-0.3, -0.25) is 0 Å². The molecular formula is C12H19BrN2O2. The van der Waals surface area contributed by atoms with Crippen LogP contribution in [0.1, 0.15) is 12.0 Å². The van der Waals surface area contributed by atoms with Crippen molar-refractivity contribution >= 4 is 27.3 Å². The van der Waals surface area contributed by atoms with Crippen molar-refractivity contribution in [3.63, 3.8) is 0 Å². The highest BCUT2D eigenvalue weighted by atomic mass is 79.9. The second kappa shape index (κ2) is 6.83. The number of benzene rings is 1. The summed E-state index contributed by atoms with van der Waals surface area (Å²) in [7, 11) is 1.58. The molecule has 0 heterocycles. The van der Waals surface area contributed by atoms with Gasteiger partial charge in [0.15, 0.2) is 0 Å². The number of hydrogen-bond acceptors (Lipinski definition) is 4. The lowest BCUT2D eigenvalue weighted by Gasteiger charge is -2.13. The highest BCUT2D eigenvalue weighted by Gasteiger charge is 2.05. The van der Waals surface area contributed by atoms with Gasteiger partial charge in [0.1, 0.15) is 0 Å². The maximum absolute atomic E-state index is 9.50. The molecule has 4 N–H and O–H groups in total. The molecule has 0 amide bonds. The number of hydrogen-bond donors (Lipinski definition) is 3. The minimum absolute atomic E-state index is 0.365. The lowest BCUT2D eigenvalue weighted by Crippen LogP contribution is -2.18. The van der Waals surface area contributed by atoms with Crippen molar-refractivity contribution in [1.29, 1.82) is 0 Å². The fraction of sp³-hybridized carbons (Fsp3) is 0.500. The zero-order valence-electron chi connectivity index (χ0n) is 10.2. The summed E-state index contributed by atoms with van der Waals surface area (Å²) < 4.78 is 5.79. The number of aliphatic hydroxyl groups excluding tert-OH is 1. The Morgan fingerprint density at radius 2 is 2.24 bits per heavy atom. The van der Waals surface area contributed by atoms with Crippen LogP contribution in [0.15, 0.2) is 16.6 Å². The fourth-order valence-electron chi connectivity index (χ4n) is 1.48. The van der Waals surface area contributed by atoms with Gasteiger partial charge in [0, 0.05) is 29.5 Å². The highest BCUT2D eigenvalue weighted by molar-refractivity contribution is 9.10. The summed E-state index contributed by atoms with van der Waals surface area (Å²) in [5.74, 6) is 0. The number of nitrogens with one attached hydrogen (secondary N) is 1. The SMILES string of the molecule is COCC(O)CCNc1cc(C)c(N)cc1Br. The van der Waals surface area contributed by atoms with Crippen LogP contribution in [-0.4, -0.2) is 31.5 Å². The molecular weight excluding hydrogens is 284 g/mol. The molecule has 0 aliphatic carbocycles. The molecule has 17 heavy (non-hydrogen) atoms. The lowest BCUT2D eigenvalue weighted by atomic mass is 10.2. The van der Waals surface area contributed by atoms with Gasteiger partial charge in [-0.1, -0.05) is 0 Å². The molecule has 0 aromatic heterocycles. The number of anilines is 2. The van der Waals surface area contributed by atoms with Crippen LogP contribution in [0.2, 0.25) is 0 Å². The summed E-state index contributed by atoms with van der Waals surface area (Å²) in [5, 5.41) is 12.8. The summed E-state index contributed by atoms with van der Waals surface area (Å²) in [6.07, 6.45) is 0.213. The molecule has 0 spiro atoms. The predicted molar refractivity (Wildman–Crippen MR) is 74.3 cm³/mol. The first kappa shape index (κ1) is 14.3. The van der Waals surface area contributed by atoms with Crippen molar-refractivity contribution in [2.45, 2.75) is 19.4 Å². The van der Waals surface area contributed by atoms with E-state index in [-0.39, 0.29) is 0 Å². The van der Waals surface area contributed by atoms with Gasteiger partial charge in [0.25, 0.3) is 0 Å². The third-order valence-corrected chi connectivity index (χ3v) is 3.16. The van der Waals surface area contributed by atoms with E-state index < -0.39 is 6.10 Å². The summed E-state index contributed by atoms with van der Waals surface area (Å²) in [6.45, 7) is 3.02. The lowest BCUT2D eigenvalue weighted by molar-refractivity contribution is 0.0615. The Hall–Kier alpha value is -0.780. The first-order valence-electron chi connectivity index (χ1n) is 5.51. The molecule has 0 fully saturated rings. The highest BCUT2D eigenvalue weighted by Crippen LogP contribution is 2.27. The van der Waals surface area contributed by atoms with Crippen LogP contribution in [0, 0.1) is 6.92 Å². The summed E-state index contributed by atoms with van der Waals surface area (Å²) in [6, 6.07) is 3.87. The molecule has 1 rings (SSSR count). The van der Waals surface area contributed by atoms with E-state index in [2.05, 4.69) is 21.2 Å². The predicted octanol–water partition coefficient (Wildman–Crippen LogP) is 2.15. The van der Waals surface area contributed by atoms with E-state index in [1.807, 2.05) is 19.1 Å². The summed E-state index contributed by atoms with van der Waals surface area (Å²) in [5.41, 5.74) is 8.58. The van der Waals surface area contributed by atoms with E-state index in [9.17, 15) is 5.11 Å². The van der Waals surface area contributed by atoms with Crippen molar-refractivity contribution in [3.05, 3.63) is 22.2 Å². The Morgan fingerprint density at radius 3 is 2.88 bits per heavy atom. The Kier molecular flexibility index (Phi) is 5.74. The Morgan fingerprint density at radius 1 is 1.53 bits per heavy atom. The van der Waals surface area contributed by atoms with Crippen LogP contribution < -0.4 is 11.1 Å². The molecule has 1 unspecified atom stereocenters. The van der Waals surface area contributed by atoms with E-state index in [0.717, 1.165) is 21.4 Å². The second-order valence-corrected chi connectivity index (χ2v) is 4.87. The smallest absolute Gasteiger partial charge is 0.0790 e. The molecule has 0 saturated carbocycles. The van der Waals surface area contributed by atoms with Crippen LogP contribution >= 0.6 is 15.9 Å². The van der Waals surface area contributed by atoms with E-state index in [1.54, 1.807) is 7.11 Å². The third kappa shape index (κ3) is 4.53. The first-order chi connectivity index (χ1) is 8.04. The standard InChI is InChI=1S/C12H19BrN2O2/c1-8-5-12(10(13)6-11(8)14)15-4-3-9(16)7-17-2/h5-6,9,15-16H,3-4,7,14H2,1-2H3. The Balaban J connectivity index is 2.49.